The lowest BCUT2D eigenvalue weighted by Crippen LogP contribution is -2.67. The Hall–Kier alpha value is -0.610. The summed E-state index contributed by atoms with van der Waals surface area (Å²) in [6, 6.07) is 0. The second-order valence-corrected chi connectivity index (χ2v) is 5.10. The molecule has 0 saturated heterocycles. The Morgan fingerprint density at radius 2 is 1.93 bits per heavy atom. The van der Waals surface area contributed by atoms with E-state index in [9.17, 15) is 4.79 Å². The zero-order valence-electron chi connectivity index (χ0n) is 8.87. The van der Waals surface area contributed by atoms with Gasteiger partial charge in [-0.15, -0.1) is 0 Å². The number of rotatable bonds is 7. The Morgan fingerprint density at radius 3 is 2.47 bits per heavy atom. The predicted octanol–water partition coefficient (Wildman–Crippen LogP) is 1.03. The van der Waals surface area contributed by atoms with Gasteiger partial charge in [-0.2, -0.15) is 0 Å². The fourth-order valence-electron chi connectivity index (χ4n) is 2.98. The lowest BCUT2D eigenvalue weighted by Gasteiger charge is -2.68. The maximum absolute atomic E-state index is 10.8. The van der Waals surface area contributed by atoms with Gasteiger partial charge < -0.3 is 14.9 Å². The van der Waals surface area contributed by atoms with E-state index >= 15 is 0 Å². The van der Waals surface area contributed by atoms with E-state index in [-0.39, 0.29) is 17.4 Å². The standard InChI is InChI=1S/C11H18O4/c12-3-1-2-4-15-8-10-5-11(6-10,7-10)9(13)14/h12H,1-8H2,(H,13,14). The van der Waals surface area contributed by atoms with Crippen molar-refractivity contribution >= 4 is 5.97 Å². The zero-order valence-corrected chi connectivity index (χ0v) is 8.87. The molecular weight excluding hydrogens is 196 g/mol. The van der Waals surface area contributed by atoms with Gasteiger partial charge in [0.05, 0.1) is 12.0 Å². The van der Waals surface area contributed by atoms with Gasteiger partial charge in [-0.3, -0.25) is 4.79 Å². The van der Waals surface area contributed by atoms with Gasteiger partial charge >= 0.3 is 5.97 Å². The van der Waals surface area contributed by atoms with Crippen molar-refractivity contribution in [3.63, 3.8) is 0 Å². The lowest BCUT2D eigenvalue weighted by atomic mass is 9.35. The van der Waals surface area contributed by atoms with Crippen LogP contribution in [-0.2, 0) is 9.53 Å². The Balaban J connectivity index is 1.59. The molecule has 0 spiro atoms. The normalized spacial score (nSPS) is 36.9. The molecule has 0 aliphatic heterocycles. The molecule has 0 aromatic carbocycles. The van der Waals surface area contributed by atoms with Crippen LogP contribution >= 0.6 is 0 Å². The van der Waals surface area contributed by atoms with Gasteiger partial charge in [0.25, 0.3) is 0 Å². The third kappa shape index (κ3) is 1.76. The van der Waals surface area contributed by atoms with E-state index in [4.69, 9.17) is 14.9 Å². The first-order chi connectivity index (χ1) is 7.13. The van der Waals surface area contributed by atoms with Crippen molar-refractivity contribution in [1.82, 2.24) is 0 Å². The van der Waals surface area contributed by atoms with Crippen molar-refractivity contribution in [2.24, 2.45) is 10.8 Å². The number of aliphatic carboxylic acids is 1. The molecule has 0 amide bonds. The number of aliphatic hydroxyl groups excluding tert-OH is 1. The number of unbranched alkanes of at least 4 members (excludes halogenated alkanes) is 1. The summed E-state index contributed by atoms with van der Waals surface area (Å²) in [4.78, 5) is 10.8. The highest BCUT2D eigenvalue weighted by atomic mass is 16.5. The van der Waals surface area contributed by atoms with Crippen molar-refractivity contribution in [2.75, 3.05) is 19.8 Å². The number of hydrogen-bond acceptors (Lipinski definition) is 3. The second-order valence-electron chi connectivity index (χ2n) is 5.10. The van der Waals surface area contributed by atoms with Crippen LogP contribution in [0.1, 0.15) is 32.1 Å². The molecule has 4 nitrogen and oxygen atoms in total. The lowest BCUT2D eigenvalue weighted by molar-refractivity contribution is -0.239. The van der Waals surface area contributed by atoms with E-state index in [0.717, 1.165) is 32.1 Å². The van der Waals surface area contributed by atoms with E-state index in [1.165, 1.54) is 0 Å². The van der Waals surface area contributed by atoms with Crippen LogP contribution in [0, 0.1) is 10.8 Å². The quantitative estimate of drug-likeness (QED) is 0.621. The molecule has 3 rings (SSSR count). The Bertz CT molecular complexity index is 242. The Morgan fingerprint density at radius 1 is 1.27 bits per heavy atom. The number of carboxylic acid groups (broad SMARTS) is 1. The van der Waals surface area contributed by atoms with Crippen molar-refractivity contribution in [3.05, 3.63) is 0 Å². The third-order valence-corrected chi connectivity index (χ3v) is 3.70. The number of carboxylic acids is 1. The Kier molecular flexibility index (Phi) is 2.73. The molecule has 3 saturated carbocycles. The van der Waals surface area contributed by atoms with Crippen LogP contribution in [0.2, 0.25) is 0 Å². The fourth-order valence-corrected chi connectivity index (χ4v) is 2.98. The molecular formula is C11H18O4. The second kappa shape index (κ2) is 3.76. The smallest absolute Gasteiger partial charge is 0.309 e. The number of carbonyl (C=O) groups is 1. The molecule has 4 heteroatoms. The van der Waals surface area contributed by atoms with Gasteiger partial charge in [-0.25, -0.2) is 0 Å². The summed E-state index contributed by atoms with van der Waals surface area (Å²) in [6.45, 7) is 1.60. The van der Waals surface area contributed by atoms with Crippen LogP contribution in [0.4, 0.5) is 0 Å². The maximum atomic E-state index is 10.8. The van der Waals surface area contributed by atoms with Crippen molar-refractivity contribution in [2.45, 2.75) is 32.1 Å². The third-order valence-electron chi connectivity index (χ3n) is 3.70. The van der Waals surface area contributed by atoms with E-state index < -0.39 is 5.97 Å². The average Bonchev–Trinajstić information content (AvgIpc) is 2.04. The van der Waals surface area contributed by atoms with E-state index in [2.05, 4.69) is 0 Å². The summed E-state index contributed by atoms with van der Waals surface area (Å²) in [5, 5.41) is 17.5. The summed E-state index contributed by atoms with van der Waals surface area (Å²) in [5.41, 5.74) is -0.188. The maximum Gasteiger partial charge on any atom is 0.309 e. The van der Waals surface area contributed by atoms with Crippen LogP contribution in [-0.4, -0.2) is 36.0 Å². The van der Waals surface area contributed by atoms with Crippen LogP contribution in [0.3, 0.4) is 0 Å². The molecule has 3 fully saturated rings. The Labute approximate surface area is 89.2 Å². The van der Waals surface area contributed by atoms with E-state index in [0.29, 0.717) is 13.2 Å². The van der Waals surface area contributed by atoms with Crippen LogP contribution in [0.5, 0.6) is 0 Å². The molecule has 2 N–H and O–H groups in total. The van der Waals surface area contributed by atoms with Gasteiger partial charge in [0.15, 0.2) is 0 Å². The minimum absolute atomic E-state index is 0.192. The van der Waals surface area contributed by atoms with Gasteiger partial charge in [0.2, 0.25) is 0 Å². The molecule has 3 aliphatic carbocycles. The van der Waals surface area contributed by atoms with E-state index in [1.54, 1.807) is 0 Å². The summed E-state index contributed by atoms with van der Waals surface area (Å²) < 4.78 is 5.50. The van der Waals surface area contributed by atoms with Gasteiger partial charge in [-0.1, -0.05) is 0 Å². The summed E-state index contributed by atoms with van der Waals surface area (Å²) in [7, 11) is 0. The SMILES string of the molecule is O=C(O)C12CC(COCCCCO)(C1)C2. The summed E-state index contributed by atoms with van der Waals surface area (Å²) in [5.74, 6) is -0.635. The molecule has 3 aliphatic rings. The molecule has 0 atom stereocenters. The highest BCUT2D eigenvalue weighted by molar-refractivity contribution is 5.79. The number of aliphatic hydroxyl groups is 1. The highest BCUT2D eigenvalue weighted by Crippen LogP contribution is 2.73. The van der Waals surface area contributed by atoms with Gasteiger partial charge in [0, 0.05) is 13.2 Å². The average molecular weight is 214 g/mol. The molecule has 86 valence electrons. The van der Waals surface area contributed by atoms with Crippen LogP contribution in [0.25, 0.3) is 0 Å². The van der Waals surface area contributed by atoms with Crippen molar-refractivity contribution < 1.29 is 19.7 Å². The fraction of sp³-hybridized carbons (Fsp3) is 0.909. The first-order valence-corrected chi connectivity index (χ1v) is 5.55. The largest absolute Gasteiger partial charge is 0.481 e. The predicted molar refractivity (Wildman–Crippen MR) is 53.5 cm³/mol. The molecule has 0 aromatic rings. The first-order valence-electron chi connectivity index (χ1n) is 5.55. The highest BCUT2D eigenvalue weighted by Gasteiger charge is 2.71. The van der Waals surface area contributed by atoms with Crippen molar-refractivity contribution in [3.8, 4) is 0 Å². The minimum atomic E-state index is -0.635. The number of hydrogen-bond donors (Lipinski definition) is 2. The van der Waals surface area contributed by atoms with E-state index in [1.807, 2.05) is 0 Å². The van der Waals surface area contributed by atoms with Crippen LogP contribution < -0.4 is 0 Å². The molecule has 2 bridgehead atoms. The van der Waals surface area contributed by atoms with Crippen molar-refractivity contribution in [1.29, 1.82) is 0 Å². The molecule has 0 unspecified atom stereocenters. The van der Waals surface area contributed by atoms with Crippen LogP contribution in [0.15, 0.2) is 0 Å². The van der Waals surface area contributed by atoms with Gasteiger partial charge in [0.1, 0.15) is 0 Å². The number of ether oxygens (including phenoxy) is 1. The summed E-state index contributed by atoms with van der Waals surface area (Å²) >= 11 is 0. The zero-order chi connectivity index (χ0) is 10.9. The first kappa shape index (κ1) is 10.9. The topological polar surface area (TPSA) is 66.8 Å². The molecule has 0 aromatic heterocycles. The molecule has 0 heterocycles. The minimum Gasteiger partial charge on any atom is -0.481 e. The molecule has 0 radical (unpaired) electrons. The monoisotopic (exact) mass is 214 g/mol. The van der Waals surface area contributed by atoms with Gasteiger partial charge in [-0.05, 0) is 37.5 Å². The molecule has 15 heavy (non-hydrogen) atoms. The summed E-state index contributed by atoms with van der Waals surface area (Å²) in [6.07, 6.45) is 4.07.